The summed E-state index contributed by atoms with van der Waals surface area (Å²) in [7, 11) is 0. The molecule has 1 N–H and O–H groups in total. The van der Waals surface area contributed by atoms with Crippen LogP contribution in [0.3, 0.4) is 0 Å². The SMILES string of the molecule is C[C@@H](O)c1ccccc1OCc1ccc(Cl)cc1[N+](=O)[O-]. The molecule has 21 heavy (non-hydrogen) atoms. The number of aliphatic hydroxyl groups excluding tert-OH is 1. The first-order valence-corrected chi connectivity index (χ1v) is 6.69. The summed E-state index contributed by atoms with van der Waals surface area (Å²) < 4.78 is 5.61. The van der Waals surface area contributed by atoms with Crippen molar-refractivity contribution < 1.29 is 14.8 Å². The lowest BCUT2D eigenvalue weighted by atomic mass is 10.1. The Balaban J connectivity index is 2.23. The fourth-order valence-corrected chi connectivity index (χ4v) is 2.11. The number of halogens is 1. The second-order valence-electron chi connectivity index (χ2n) is 4.53. The first-order valence-electron chi connectivity index (χ1n) is 6.31. The van der Waals surface area contributed by atoms with Gasteiger partial charge in [0.2, 0.25) is 0 Å². The molecule has 0 saturated heterocycles. The summed E-state index contributed by atoms with van der Waals surface area (Å²) in [5, 5.41) is 21.0. The van der Waals surface area contributed by atoms with Crippen LogP contribution in [0.4, 0.5) is 5.69 Å². The van der Waals surface area contributed by atoms with Crippen molar-refractivity contribution >= 4 is 17.3 Å². The maximum Gasteiger partial charge on any atom is 0.277 e. The predicted octanol–water partition coefficient (Wildman–Crippen LogP) is 3.88. The van der Waals surface area contributed by atoms with Gasteiger partial charge in [-0.15, -0.1) is 0 Å². The molecule has 0 aromatic heterocycles. The van der Waals surface area contributed by atoms with Crippen LogP contribution in [0.2, 0.25) is 5.02 Å². The fourth-order valence-electron chi connectivity index (χ4n) is 1.94. The minimum Gasteiger partial charge on any atom is -0.488 e. The number of nitrogens with zero attached hydrogens (tertiary/aromatic N) is 1. The van der Waals surface area contributed by atoms with Gasteiger partial charge in [-0.2, -0.15) is 0 Å². The quantitative estimate of drug-likeness (QED) is 0.672. The fraction of sp³-hybridized carbons (Fsp3) is 0.200. The van der Waals surface area contributed by atoms with Crippen LogP contribution in [0.15, 0.2) is 42.5 Å². The molecule has 0 amide bonds. The molecule has 0 aliphatic heterocycles. The van der Waals surface area contributed by atoms with Crippen LogP contribution in [0.5, 0.6) is 5.75 Å². The molecule has 2 aromatic carbocycles. The molecule has 0 heterocycles. The van der Waals surface area contributed by atoms with Crippen molar-refractivity contribution in [1.29, 1.82) is 0 Å². The molecule has 110 valence electrons. The number of rotatable bonds is 5. The Labute approximate surface area is 126 Å². The standard InChI is InChI=1S/C15H14ClNO4/c1-10(18)13-4-2-3-5-15(13)21-9-11-6-7-12(16)8-14(11)17(19)20/h2-8,10,18H,9H2,1H3/t10-/m1/s1. The number of para-hydroxylation sites is 1. The van der Waals surface area contributed by atoms with E-state index in [-0.39, 0.29) is 12.3 Å². The molecule has 0 unspecified atom stereocenters. The second-order valence-corrected chi connectivity index (χ2v) is 4.97. The van der Waals surface area contributed by atoms with E-state index in [1.807, 2.05) is 0 Å². The average molecular weight is 308 g/mol. The monoisotopic (exact) mass is 307 g/mol. The molecule has 5 nitrogen and oxygen atoms in total. The molecule has 0 spiro atoms. The number of hydrogen-bond acceptors (Lipinski definition) is 4. The van der Waals surface area contributed by atoms with Crippen LogP contribution in [0.1, 0.15) is 24.2 Å². The van der Waals surface area contributed by atoms with E-state index in [9.17, 15) is 15.2 Å². The molecule has 2 rings (SSSR count). The van der Waals surface area contributed by atoms with Crippen LogP contribution in [0.25, 0.3) is 0 Å². The third-order valence-corrected chi connectivity index (χ3v) is 3.23. The lowest BCUT2D eigenvalue weighted by Crippen LogP contribution is -2.03. The summed E-state index contributed by atoms with van der Waals surface area (Å²) in [6, 6.07) is 11.5. The molecule has 0 fully saturated rings. The van der Waals surface area contributed by atoms with Crippen molar-refractivity contribution in [2.45, 2.75) is 19.6 Å². The number of nitro benzene ring substituents is 1. The molecule has 0 bridgehead atoms. The highest BCUT2D eigenvalue weighted by Gasteiger charge is 2.16. The molecule has 0 aliphatic carbocycles. The summed E-state index contributed by atoms with van der Waals surface area (Å²) in [6.45, 7) is 1.66. The summed E-state index contributed by atoms with van der Waals surface area (Å²) in [6.07, 6.45) is -0.679. The second kappa shape index (κ2) is 6.56. The first kappa shape index (κ1) is 15.3. The van der Waals surface area contributed by atoms with Gasteiger partial charge in [0.15, 0.2) is 0 Å². The summed E-state index contributed by atoms with van der Waals surface area (Å²) >= 11 is 5.77. The van der Waals surface area contributed by atoms with E-state index in [2.05, 4.69) is 0 Å². The van der Waals surface area contributed by atoms with Crippen LogP contribution in [-0.2, 0) is 6.61 Å². The van der Waals surface area contributed by atoms with Gasteiger partial charge in [0.25, 0.3) is 5.69 Å². The maximum absolute atomic E-state index is 11.0. The largest absolute Gasteiger partial charge is 0.488 e. The Morgan fingerprint density at radius 2 is 2.05 bits per heavy atom. The third-order valence-electron chi connectivity index (χ3n) is 3.00. The predicted molar refractivity (Wildman–Crippen MR) is 79.5 cm³/mol. The lowest BCUT2D eigenvalue weighted by Gasteiger charge is -2.13. The van der Waals surface area contributed by atoms with Crippen LogP contribution >= 0.6 is 11.6 Å². The Morgan fingerprint density at radius 3 is 2.71 bits per heavy atom. The molecule has 2 aromatic rings. The molecule has 0 radical (unpaired) electrons. The lowest BCUT2D eigenvalue weighted by molar-refractivity contribution is -0.385. The number of benzene rings is 2. The third kappa shape index (κ3) is 3.71. The van der Waals surface area contributed by atoms with Gasteiger partial charge in [0.1, 0.15) is 12.4 Å². The summed E-state index contributed by atoms with van der Waals surface area (Å²) in [4.78, 5) is 10.5. The van der Waals surface area contributed by atoms with E-state index in [1.165, 1.54) is 6.07 Å². The van der Waals surface area contributed by atoms with E-state index >= 15 is 0 Å². The van der Waals surface area contributed by atoms with Gasteiger partial charge in [0, 0.05) is 16.7 Å². The van der Waals surface area contributed by atoms with Crippen molar-refractivity contribution in [2.75, 3.05) is 0 Å². The zero-order chi connectivity index (χ0) is 15.4. The highest BCUT2D eigenvalue weighted by Crippen LogP contribution is 2.28. The Kier molecular flexibility index (Phi) is 4.77. The van der Waals surface area contributed by atoms with Crippen LogP contribution in [0, 0.1) is 10.1 Å². The van der Waals surface area contributed by atoms with Crippen LogP contribution in [-0.4, -0.2) is 10.0 Å². The minimum atomic E-state index is -0.679. The summed E-state index contributed by atoms with van der Waals surface area (Å²) in [5.41, 5.74) is 0.968. The smallest absolute Gasteiger partial charge is 0.277 e. The normalized spacial score (nSPS) is 12.0. The highest BCUT2D eigenvalue weighted by molar-refractivity contribution is 6.30. The van der Waals surface area contributed by atoms with Gasteiger partial charge in [-0.1, -0.05) is 29.8 Å². The number of hydrogen-bond donors (Lipinski definition) is 1. The van der Waals surface area contributed by atoms with E-state index in [0.29, 0.717) is 21.9 Å². The molecule has 0 aliphatic rings. The van der Waals surface area contributed by atoms with Gasteiger partial charge < -0.3 is 9.84 Å². The molecular formula is C15H14ClNO4. The van der Waals surface area contributed by atoms with Crippen molar-refractivity contribution in [3.05, 3.63) is 68.7 Å². The first-order chi connectivity index (χ1) is 9.99. The van der Waals surface area contributed by atoms with Crippen molar-refractivity contribution in [3.63, 3.8) is 0 Å². The number of aliphatic hydroxyl groups is 1. The zero-order valence-electron chi connectivity index (χ0n) is 11.3. The van der Waals surface area contributed by atoms with E-state index in [4.69, 9.17) is 16.3 Å². The topological polar surface area (TPSA) is 72.6 Å². The number of ether oxygens (including phenoxy) is 1. The molecular weight excluding hydrogens is 294 g/mol. The number of nitro groups is 1. The van der Waals surface area contributed by atoms with Crippen molar-refractivity contribution in [1.82, 2.24) is 0 Å². The maximum atomic E-state index is 11.0. The van der Waals surface area contributed by atoms with Gasteiger partial charge in [-0.3, -0.25) is 10.1 Å². The van der Waals surface area contributed by atoms with Crippen LogP contribution < -0.4 is 4.74 Å². The Morgan fingerprint density at radius 1 is 1.33 bits per heavy atom. The van der Waals surface area contributed by atoms with E-state index in [1.54, 1.807) is 43.3 Å². The summed E-state index contributed by atoms with van der Waals surface area (Å²) in [5.74, 6) is 0.497. The van der Waals surface area contributed by atoms with Gasteiger partial charge >= 0.3 is 0 Å². The molecule has 1 atom stereocenters. The minimum absolute atomic E-state index is 0.0250. The highest BCUT2D eigenvalue weighted by atomic mass is 35.5. The van der Waals surface area contributed by atoms with Crippen molar-refractivity contribution in [2.24, 2.45) is 0 Å². The molecule has 0 saturated carbocycles. The van der Waals surface area contributed by atoms with Crippen molar-refractivity contribution in [3.8, 4) is 5.75 Å². The Hall–Kier alpha value is -2.11. The van der Waals surface area contributed by atoms with Gasteiger partial charge in [0.05, 0.1) is 16.6 Å². The van der Waals surface area contributed by atoms with Gasteiger partial charge in [-0.05, 0) is 25.1 Å². The van der Waals surface area contributed by atoms with Gasteiger partial charge in [-0.25, -0.2) is 0 Å². The molecule has 6 heteroatoms. The Bertz CT molecular complexity index is 658. The average Bonchev–Trinajstić information content (AvgIpc) is 2.46. The zero-order valence-corrected chi connectivity index (χ0v) is 12.1. The van der Waals surface area contributed by atoms with E-state index < -0.39 is 11.0 Å². The van der Waals surface area contributed by atoms with E-state index in [0.717, 1.165) is 0 Å².